The van der Waals surface area contributed by atoms with Crippen LogP contribution in [0.3, 0.4) is 0 Å². The van der Waals surface area contributed by atoms with Crippen LogP contribution in [0.15, 0.2) is 24.3 Å². The molecule has 416 valence electrons. The van der Waals surface area contributed by atoms with Crippen molar-refractivity contribution in [2.24, 2.45) is 5.41 Å². The average Bonchev–Trinajstić information content (AvgIpc) is 3.57. The van der Waals surface area contributed by atoms with Gasteiger partial charge in [-0.05, 0) is 24.1 Å². The van der Waals surface area contributed by atoms with Crippen molar-refractivity contribution in [2.75, 3.05) is 40.1 Å². The Bertz CT molecular complexity index is 1950. The van der Waals surface area contributed by atoms with E-state index in [2.05, 4.69) is 5.32 Å². The molecule has 1 amide bonds. The maximum atomic E-state index is 12.3. The first kappa shape index (κ1) is 57.9. The number of amides is 1. The number of methoxy groups -OCH3 is 1. The van der Waals surface area contributed by atoms with E-state index in [1.54, 1.807) is 26.0 Å². The number of carbonyl (C=O) groups is 2. The Labute approximate surface area is 415 Å². The van der Waals surface area contributed by atoms with Crippen molar-refractivity contribution in [3.63, 3.8) is 0 Å². The minimum Gasteiger partial charge on any atom is -0.462 e. The highest BCUT2D eigenvalue weighted by Crippen LogP contribution is 2.37. The van der Waals surface area contributed by atoms with Gasteiger partial charge in [0.2, 0.25) is 12.1 Å². The molecule has 6 aliphatic heterocycles. The summed E-state index contributed by atoms with van der Waals surface area (Å²) in [6.07, 6.45) is -43.9. The Balaban J connectivity index is 0.954. The fourth-order valence-corrected chi connectivity index (χ4v) is 9.59. The molecule has 0 spiro atoms. The van der Waals surface area contributed by atoms with E-state index >= 15 is 0 Å². The third-order valence-corrected chi connectivity index (χ3v) is 14.1. The molecular weight excluding hydrogens is 990 g/mol. The Kier molecular flexibility index (Phi) is 19.2. The largest absolute Gasteiger partial charge is 0.462 e. The zero-order valence-electron chi connectivity index (χ0n) is 39.6. The lowest BCUT2D eigenvalue weighted by Gasteiger charge is -2.50. The molecule has 0 aromatic heterocycles. The van der Waals surface area contributed by atoms with Gasteiger partial charge in [0.25, 0.3) is 5.91 Å². The molecule has 29 heteroatoms. The topological polar surface area (TPSA) is 451 Å². The summed E-state index contributed by atoms with van der Waals surface area (Å²) in [6, 6.07) is 5.95. The van der Waals surface area contributed by atoms with Crippen LogP contribution in [0.1, 0.15) is 19.4 Å². The maximum Gasteiger partial charge on any atom is 0.288 e. The number of nitrogens with one attached hydrogen (secondary N) is 1. The highest BCUT2D eigenvalue weighted by molar-refractivity contribution is 6.40. The quantitative estimate of drug-likeness (QED) is 0.0607. The Hall–Kier alpha value is -2.84. The lowest BCUT2D eigenvalue weighted by Crippen LogP contribution is -2.68. The van der Waals surface area contributed by atoms with Crippen molar-refractivity contribution in [1.82, 2.24) is 5.32 Å². The van der Waals surface area contributed by atoms with Gasteiger partial charge in [-0.3, -0.25) is 9.59 Å². The number of benzene rings is 1. The molecule has 26 atom stereocenters. The number of ether oxygens (including phenoxy) is 11. The number of hydrogen-bond acceptors (Lipinski definition) is 28. The maximum absolute atomic E-state index is 12.3. The van der Waals surface area contributed by atoms with E-state index in [0.29, 0.717) is 6.42 Å². The molecule has 0 radical (unpaired) electrons. The van der Waals surface area contributed by atoms with Gasteiger partial charge in [-0.25, -0.2) is 0 Å². The smallest absolute Gasteiger partial charge is 0.288 e. The normalized spacial score (nSPS) is 46.3. The molecule has 29 nitrogen and oxygen atoms in total. The van der Waals surface area contributed by atoms with E-state index in [0.717, 1.165) is 12.7 Å². The number of Topliss-reactive ketones (excluding diaryl/α,β-unsaturated/α-hetero) is 1. The van der Waals surface area contributed by atoms with E-state index in [4.69, 9.17) is 52.1 Å². The summed E-state index contributed by atoms with van der Waals surface area (Å²) >= 11 is 0. The molecule has 73 heavy (non-hydrogen) atoms. The average molecular weight is 1060 g/mol. The first-order valence-corrected chi connectivity index (χ1v) is 23.5. The van der Waals surface area contributed by atoms with Gasteiger partial charge in [0.05, 0.1) is 38.4 Å². The number of hydrogen-bond donors (Lipinski definition) is 16. The SMILES string of the molecule is CO[C@H]1[C@H](O[C@H]2[C@H](O)[C@@H](O)[C@H](Oc3ccc(CC4NC(=O)C(=O)C4(C)C)cc3)O[C@@H]2CO)O[C@H](CO)[C@@H](O[C@@H]2O[C@H](CO)[C@@H](O[C@@H]3O[C@H](CO)[C@@H](O[C@@H]4O[C@H](CO)[C@@H](O)[C@H](O)[C@H]4O)[C@H](O)[C@H]3O)[C@H](O)[C@H]2O)[C@@H]1O. The van der Waals surface area contributed by atoms with Crippen molar-refractivity contribution in [3.8, 4) is 5.75 Å². The number of rotatable bonds is 18. The number of carbonyl (C=O) groups excluding carboxylic acids is 2. The van der Waals surface area contributed by atoms with E-state index < -0.39 is 210 Å². The van der Waals surface area contributed by atoms with Crippen LogP contribution in [0, 0.1) is 5.41 Å². The molecule has 0 bridgehead atoms. The minimum absolute atomic E-state index is 0.178. The summed E-state index contributed by atoms with van der Waals surface area (Å²) in [5, 5.41) is 163. The molecule has 16 N–H and O–H groups in total. The molecule has 6 saturated heterocycles. The van der Waals surface area contributed by atoms with Gasteiger partial charge in [-0.1, -0.05) is 26.0 Å². The molecule has 6 fully saturated rings. The van der Waals surface area contributed by atoms with Crippen LogP contribution in [0.4, 0.5) is 0 Å². The van der Waals surface area contributed by atoms with Crippen LogP contribution in [-0.2, 0) is 63.4 Å². The van der Waals surface area contributed by atoms with E-state index in [9.17, 15) is 86.2 Å². The van der Waals surface area contributed by atoms with Crippen molar-refractivity contribution < 1.29 is 138 Å². The Morgan fingerprint density at radius 3 is 1.25 bits per heavy atom. The predicted molar refractivity (Wildman–Crippen MR) is 231 cm³/mol. The van der Waals surface area contributed by atoms with Gasteiger partial charge >= 0.3 is 0 Å². The molecule has 1 unspecified atom stereocenters. The lowest BCUT2D eigenvalue weighted by atomic mass is 9.81. The minimum atomic E-state index is -2.11. The second-order valence-corrected chi connectivity index (χ2v) is 19.2. The Morgan fingerprint density at radius 2 is 0.836 bits per heavy atom. The van der Waals surface area contributed by atoms with Crippen LogP contribution < -0.4 is 10.1 Å². The van der Waals surface area contributed by atoms with E-state index in [-0.39, 0.29) is 5.75 Å². The fraction of sp³-hybridized carbons (Fsp3) is 0.818. The summed E-state index contributed by atoms with van der Waals surface area (Å²) in [5.74, 6) is -1.00. The fourth-order valence-electron chi connectivity index (χ4n) is 9.59. The summed E-state index contributed by atoms with van der Waals surface area (Å²) in [5.41, 5.74) is -0.182. The van der Waals surface area contributed by atoms with Crippen LogP contribution in [0.5, 0.6) is 5.75 Å². The number of aliphatic hydroxyl groups excluding tert-OH is 15. The zero-order valence-corrected chi connectivity index (χ0v) is 39.6. The van der Waals surface area contributed by atoms with Gasteiger partial charge in [0, 0.05) is 13.2 Å². The van der Waals surface area contributed by atoms with Gasteiger partial charge in [-0.15, -0.1) is 0 Å². The summed E-state index contributed by atoms with van der Waals surface area (Å²) in [4.78, 5) is 24.2. The highest BCUT2D eigenvalue weighted by atomic mass is 16.8. The number of ketones is 1. The van der Waals surface area contributed by atoms with Gasteiger partial charge in [0.15, 0.2) is 25.2 Å². The van der Waals surface area contributed by atoms with E-state index in [1.165, 1.54) is 12.1 Å². The van der Waals surface area contributed by atoms with Gasteiger partial charge in [-0.2, -0.15) is 0 Å². The summed E-state index contributed by atoms with van der Waals surface area (Å²) in [6.45, 7) is -1.10. The zero-order chi connectivity index (χ0) is 53.4. The predicted octanol–water partition coefficient (Wildman–Crippen LogP) is -9.55. The summed E-state index contributed by atoms with van der Waals surface area (Å²) < 4.78 is 62.7. The first-order chi connectivity index (χ1) is 34.6. The Morgan fingerprint density at radius 1 is 0.466 bits per heavy atom. The van der Waals surface area contributed by atoms with Crippen molar-refractivity contribution in [2.45, 2.75) is 180 Å². The van der Waals surface area contributed by atoms with Crippen molar-refractivity contribution >= 4 is 11.7 Å². The molecule has 1 aromatic carbocycles. The van der Waals surface area contributed by atoms with Crippen molar-refractivity contribution in [1.29, 1.82) is 0 Å². The van der Waals surface area contributed by atoms with Crippen LogP contribution in [-0.4, -0.2) is 288 Å². The molecular formula is C44H67NO28. The van der Waals surface area contributed by atoms with Crippen LogP contribution in [0.25, 0.3) is 0 Å². The lowest BCUT2D eigenvalue weighted by molar-refractivity contribution is -0.393. The molecule has 0 saturated carbocycles. The standard InChI is InChI=1S/C44H67NO28/c1-44(2)21(45-38(62)37(44)61)8-14-4-6-15(7-5-14)64-39-28(57)24(53)34(19(12-49)66-39)73-43-36(63-3)31(60)35(20(13-50)69-43)72-42-30(59)26(55)33(18(11-48)68-42)71-41-29(58)25(54)32(17(10-47)67-41)70-40-27(56)23(52)22(51)16(9-46)65-40/h4-7,16-36,39-43,46-60H,8-13H2,1-3H3,(H,45,62)/t16-,17-,18-,19-,20-,21?,22-,23+,24-,25-,26-,27-,28-,29-,30-,31+,32-,33-,34-,35-,36-,39-,40+,41+,42+,43+/m1/s1. The third-order valence-electron chi connectivity index (χ3n) is 14.1. The molecule has 1 aromatic rings. The molecule has 6 aliphatic rings. The van der Waals surface area contributed by atoms with Gasteiger partial charge in [0.1, 0.15) is 128 Å². The second kappa shape index (κ2) is 24.2. The van der Waals surface area contributed by atoms with Gasteiger partial charge < -0.3 is 134 Å². The molecule has 7 rings (SSSR count). The van der Waals surface area contributed by atoms with Crippen molar-refractivity contribution in [3.05, 3.63) is 29.8 Å². The monoisotopic (exact) mass is 1060 g/mol. The highest BCUT2D eigenvalue weighted by Gasteiger charge is 2.57. The van der Waals surface area contributed by atoms with E-state index in [1.807, 2.05) is 0 Å². The van der Waals surface area contributed by atoms with Crippen LogP contribution >= 0.6 is 0 Å². The van der Waals surface area contributed by atoms with Crippen LogP contribution in [0.2, 0.25) is 0 Å². The number of aliphatic hydroxyl groups is 15. The molecule has 0 aliphatic carbocycles. The second-order valence-electron chi connectivity index (χ2n) is 19.2. The molecule has 6 heterocycles. The first-order valence-electron chi connectivity index (χ1n) is 23.5. The summed E-state index contributed by atoms with van der Waals surface area (Å²) in [7, 11) is 1.12. The third kappa shape index (κ3) is 11.7.